The number of hydrogen-bond acceptors (Lipinski definition) is 3. The Balaban J connectivity index is 2.30. The Hall–Kier alpha value is -1.18. The summed E-state index contributed by atoms with van der Waals surface area (Å²) in [7, 11) is -4.10. The zero-order chi connectivity index (χ0) is 14.2. The summed E-state index contributed by atoms with van der Waals surface area (Å²) in [6.45, 7) is 0.450. The monoisotopic (exact) mass is 306 g/mol. The molecular weight excluding hydrogens is 295 g/mol. The van der Waals surface area contributed by atoms with Crippen LogP contribution in [0.4, 0.5) is 4.39 Å². The number of nitrogens with two attached hydrogens (primary N) is 1. The van der Waals surface area contributed by atoms with Gasteiger partial charge in [0, 0.05) is 6.54 Å². The van der Waals surface area contributed by atoms with Gasteiger partial charge < -0.3 is 5.32 Å². The van der Waals surface area contributed by atoms with Crippen LogP contribution >= 0.6 is 11.6 Å². The maximum absolute atomic E-state index is 13.6. The largest absolute Gasteiger partial charge is 0.352 e. The second-order valence-electron chi connectivity index (χ2n) is 4.46. The van der Waals surface area contributed by atoms with Crippen LogP contribution in [0.25, 0.3) is 0 Å². The maximum atomic E-state index is 13.6. The van der Waals surface area contributed by atoms with Gasteiger partial charge in [0.25, 0.3) is 5.91 Å². The first-order valence-electron chi connectivity index (χ1n) is 5.59. The highest BCUT2D eigenvalue weighted by molar-refractivity contribution is 7.89. The van der Waals surface area contributed by atoms with E-state index in [0.717, 1.165) is 25.0 Å². The fourth-order valence-electron chi connectivity index (χ4n) is 1.58. The van der Waals surface area contributed by atoms with Crippen LogP contribution in [0.2, 0.25) is 5.02 Å². The summed E-state index contributed by atoms with van der Waals surface area (Å²) >= 11 is 5.60. The minimum atomic E-state index is -4.10. The number of carbonyl (C=O) groups is 1. The highest BCUT2D eigenvalue weighted by Gasteiger charge is 2.24. The molecule has 1 fully saturated rings. The van der Waals surface area contributed by atoms with Crippen molar-refractivity contribution in [3.8, 4) is 0 Å². The van der Waals surface area contributed by atoms with Gasteiger partial charge in [0.2, 0.25) is 10.0 Å². The topological polar surface area (TPSA) is 89.3 Å². The first-order valence-corrected chi connectivity index (χ1v) is 7.51. The lowest BCUT2D eigenvalue weighted by Gasteiger charge is -2.08. The third-order valence-corrected chi connectivity index (χ3v) is 4.20. The standard InChI is InChI=1S/C11H12ClFN2O3S/c12-8-4-9(13)7(3-10(8)19(14,17)18)11(16)15-5-6-1-2-6/h3-4,6H,1-2,5H2,(H,15,16)(H2,14,17,18). The lowest BCUT2D eigenvalue weighted by Crippen LogP contribution is -2.27. The Labute approximate surface area is 115 Å². The van der Waals surface area contributed by atoms with Crippen molar-refractivity contribution in [2.24, 2.45) is 11.1 Å². The van der Waals surface area contributed by atoms with E-state index in [0.29, 0.717) is 12.5 Å². The zero-order valence-corrected chi connectivity index (χ0v) is 11.4. The molecule has 2 rings (SSSR count). The van der Waals surface area contributed by atoms with E-state index >= 15 is 0 Å². The number of rotatable bonds is 4. The fourth-order valence-corrected chi connectivity index (χ4v) is 2.66. The molecular formula is C11H12ClFN2O3S. The van der Waals surface area contributed by atoms with Gasteiger partial charge in [0.1, 0.15) is 10.7 Å². The normalized spacial score (nSPS) is 15.3. The van der Waals surface area contributed by atoms with Gasteiger partial charge in [-0.05, 0) is 30.9 Å². The van der Waals surface area contributed by atoms with Crippen LogP contribution in [0.3, 0.4) is 0 Å². The van der Waals surface area contributed by atoms with Crippen LogP contribution < -0.4 is 10.5 Å². The van der Waals surface area contributed by atoms with Gasteiger partial charge in [-0.2, -0.15) is 0 Å². The Bertz CT molecular complexity index is 629. The van der Waals surface area contributed by atoms with Crippen LogP contribution in [0.15, 0.2) is 17.0 Å². The van der Waals surface area contributed by atoms with Crippen LogP contribution in [-0.4, -0.2) is 20.9 Å². The summed E-state index contributed by atoms with van der Waals surface area (Å²) in [6, 6.07) is 1.63. The second-order valence-corrected chi connectivity index (χ2v) is 6.40. The van der Waals surface area contributed by atoms with Crippen molar-refractivity contribution in [1.82, 2.24) is 5.32 Å². The molecule has 1 aromatic rings. The van der Waals surface area contributed by atoms with E-state index in [1.54, 1.807) is 0 Å². The third-order valence-electron chi connectivity index (χ3n) is 2.82. The number of benzene rings is 1. The van der Waals surface area contributed by atoms with E-state index in [1.807, 2.05) is 0 Å². The molecule has 104 valence electrons. The number of carbonyl (C=O) groups excluding carboxylic acids is 1. The number of halogens is 2. The smallest absolute Gasteiger partial charge is 0.254 e. The van der Waals surface area contributed by atoms with E-state index in [1.165, 1.54) is 0 Å². The lowest BCUT2D eigenvalue weighted by molar-refractivity contribution is 0.0947. The summed E-state index contributed by atoms with van der Waals surface area (Å²) in [6.07, 6.45) is 2.07. The molecule has 1 amide bonds. The van der Waals surface area contributed by atoms with Crippen LogP contribution in [0.5, 0.6) is 0 Å². The van der Waals surface area contributed by atoms with Crippen molar-refractivity contribution in [2.45, 2.75) is 17.7 Å². The highest BCUT2D eigenvalue weighted by atomic mass is 35.5. The molecule has 3 N–H and O–H groups in total. The molecule has 1 aliphatic carbocycles. The molecule has 0 unspecified atom stereocenters. The van der Waals surface area contributed by atoms with E-state index in [9.17, 15) is 17.6 Å². The SMILES string of the molecule is NS(=O)(=O)c1cc(C(=O)NCC2CC2)c(F)cc1Cl. The molecule has 1 saturated carbocycles. The Morgan fingerprint density at radius 3 is 2.63 bits per heavy atom. The Morgan fingerprint density at radius 2 is 2.11 bits per heavy atom. The minimum absolute atomic E-state index is 0.348. The molecule has 0 bridgehead atoms. The van der Waals surface area contributed by atoms with Gasteiger partial charge in [-0.1, -0.05) is 11.6 Å². The third kappa shape index (κ3) is 3.43. The number of amides is 1. The van der Waals surface area contributed by atoms with Crippen LogP contribution in [-0.2, 0) is 10.0 Å². The summed E-state index contributed by atoms with van der Waals surface area (Å²) < 4.78 is 36.1. The van der Waals surface area contributed by atoms with Crippen molar-refractivity contribution >= 4 is 27.5 Å². The van der Waals surface area contributed by atoms with Gasteiger partial charge in [-0.15, -0.1) is 0 Å². The lowest BCUT2D eigenvalue weighted by atomic mass is 10.2. The molecule has 8 heteroatoms. The molecule has 0 saturated heterocycles. The minimum Gasteiger partial charge on any atom is -0.352 e. The van der Waals surface area contributed by atoms with Crippen molar-refractivity contribution < 1.29 is 17.6 Å². The van der Waals surface area contributed by atoms with E-state index < -0.39 is 26.6 Å². The summed E-state index contributed by atoms with van der Waals surface area (Å²) in [5.74, 6) is -1.13. The predicted octanol–water partition coefficient (Wildman–Crippen LogP) is 1.27. The van der Waals surface area contributed by atoms with Crippen molar-refractivity contribution in [3.05, 3.63) is 28.5 Å². The first-order chi connectivity index (χ1) is 8.79. The van der Waals surface area contributed by atoms with E-state index in [-0.39, 0.29) is 10.6 Å². The van der Waals surface area contributed by atoms with Crippen molar-refractivity contribution in [3.63, 3.8) is 0 Å². The van der Waals surface area contributed by atoms with Crippen LogP contribution in [0.1, 0.15) is 23.2 Å². The predicted molar refractivity (Wildman–Crippen MR) is 67.8 cm³/mol. The van der Waals surface area contributed by atoms with Gasteiger partial charge in [0.05, 0.1) is 10.6 Å². The molecule has 19 heavy (non-hydrogen) atoms. The molecule has 0 aromatic heterocycles. The molecule has 0 radical (unpaired) electrons. The Morgan fingerprint density at radius 1 is 1.47 bits per heavy atom. The average Bonchev–Trinajstić information content (AvgIpc) is 3.07. The van der Waals surface area contributed by atoms with Crippen molar-refractivity contribution in [1.29, 1.82) is 0 Å². The summed E-state index contributed by atoms with van der Waals surface area (Å²) in [5, 5.41) is 7.14. The maximum Gasteiger partial charge on any atom is 0.254 e. The fraction of sp³-hybridized carbons (Fsp3) is 0.364. The second kappa shape index (κ2) is 5.07. The van der Waals surface area contributed by atoms with Gasteiger partial charge in [-0.25, -0.2) is 17.9 Å². The Kier molecular flexibility index (Phi) is 3.80. The molecule has 0 aliphatic heterocycles. The van der Waals surface area contributed by atoms with Gasteiger partial charge >= 0.3 is 0 Å². The highest BCUT2D eigenvalue weighted by Crippen LogP contribution is 2.28. The molecule has 0 atom stereocenters. The molecule has 0 spiro atoms. The average molecular weight is 307 g/mol. The van der Waals surface area contributed by atoms with Gasteiger partial charge in [0.15, 0.2) is 0 Å². The van der Waals surface area contributed by atoms with Gasteiger partial charge in [-0.3, -0.25) is 4.79 Å². The quantitative estimate of drug-likeness (QED) is 0.877. The number of hydrogen-bond donors (Lipinski definition) is 2. The molecule has 1 aliphatic rings. The molecule has 1 aromatic carbocycles. The van der Waals surface area contributed by atoms with E-state index in [2.05, 4.69) is 5.32 Å². The van der Waals surface area contributed by atoms with Crippen molar-refractivity contribution in [2.75, 3.05) is 6.54 Å². The molecule has 5 nitrogen and oxygen atoms in total. The number of primary sulfonamides is 1. The first kappa shape index (κ1) is 14.2. The summed E-state index contributed by atoms with van der Waals surface area (Å²) in [4.78, 5) is 11.3. The van der Waals surface area contributed by atoms with E-state index in [4.69, 9.17) is 16.7 Å². The number of sulfonamides is 1. The van der Waals surface area contributed by atoms with Crippen LogP contribution in [0, 0.1) is 11.7 Å². The molecule has 0 heterocycles. The summed E-state index contributed by atoms with van der Waals surface area (Å²) in [5.41, 5.74) is -0.380. The number of nitrogens with one attached hydrogen (secondary N) is 1. The zero-order valence-electron chi connectivity index (χ0n) is 9.82.